The summed E-state index contributed by atoms with van der Waals surface area (Å²) in [5.74, 6) is -0.0114. The lowest BCUT2D eigenvalue weighted by Gasteiger charge is -2.21. The molecule has 1 unspecified atom stereocenters. The van der Waals surface area contributed by atoms with Crippen LogP contribution in [0.5, 0.6) is 0 Å². The van der Waals surface area contributed by atoms with Crippen molar-refractivity contribution in [1.82, 2.24) is 9.47 Å². The molecule has 1 aromatic heterocycles. The van der Waals surface area contributed by atoms with E-state index in [1.165, 1.54) is 16.8 Å². The summed E-state index contributed by atoms with van der Waals surface area (Å²) in [7, 11) is 0. The topological polar surface area (TPSA) is 68.3 Å². The first-order chi connectivity index (χ1) is 8.08. The van der Waals surface area contributed by atoms with Gasteiger partial charge < -0.3 is 15.2 Å². The summed E-state index contributed by atoms with van der Waals surface area (Å²) in [6.07, 6.45) is 3.59. The molecule has 1 aromatic rings. The van der Waals surface area contributed by atoms with Crippen LogP contribution in [-0.2, 0) is 11.3 Å². The van der Waals surface area contributed by atoms with E-state index in [4.69, 9.17) is 5.73 Å². The van der Waals surface area contributed by atoms with Crippen LogP contribution in [0.4, 0.5) is 5.69 Å². The van der Waals surface area contributed by atoms with Crippen LogP contribution in [0.25, 0.3) is 0 Å². The minimum Gasteiger partial charge on any atom is -0.398 e. The molecule has 5 heteroatoms. The van der Waals surface area contributed by atoms with Crippen LogP contribution >= 0.6 is 0 Å². The number of hydrogen-bond donors (Lipinski definition) is 1. The van der Waals surface area contributed by atoms with Gasteiger partial charge in [0.1, 0.15) is 6.54 Å². The number of rotatable bonds is 2. The molecule has 0 saturated carbocycles. The van der Waals surface area contributed by atoms with E-state index in [0.29, 0.717) is 5.69 Å². The van der Waals surface area contributed by atoms with Gasteiger partial charge in [-0.2, -0.15) is 0 Å². The van der Waals surface area contributed by atoms with Crippen molar-refractivity contribution < 1.29 is 4.79 Å². The molecule has 2 N–H and O–H groups in total. The molecule has 5 nitrogen and oxygen atoms in total. The molecular formula is C12H17N3O2. The van der Waals surface area contributed by atoms with Crippen LogP contribution in [-0.4, -0.2) is 28.0 Å². The van der Waals surface area contributed by atoms with Crippen LogP contribution in [0.3, 0.4) is 0 Å². The van der Waals surface area contributed by atoms with Gasteiger partial charge in [0.25, 0.3) is 5.56 Å². The Morgan fingerprint density at radius 3 is 2.94 bits per heavy atom. The molecule has 0 bridgehead atoms. The third kappa shape index (κ3) is 2.49. The number of hydrogen-bond acceptors (Lipinski definition) is 3. The Morgan fingerprint density at radius 1 is 1.53 bits per heavy atom. The Kier molecular flexibility index (Phi) is 3.17. The predicted octanol–water partition coefficient (Wildman–Crippen LogP) is 0.441. The average molecular weight is 235 g/mol. The zero-order chi connectivity index (χ0) is 12.4. The van der Waals surface area contributed by atoms with Gasteiger partial charge in [0.05, 0.1) is 0 Å². The van der Waals surface area contributed by atoms with Crippen molar-refractivity contribution in [2.45, 2.75) is 32.4 Å². The molecule has 2 heterocycles. The van der Waals surface area contributed by atoms with Crippen molar-refractivity contribution in [3.05, 3.63) is 28.7 Å². The van der Waals surface area contributed by atoms with Gasteiger partial charge in [0.2, 0.25) is 5.91 Å². The second kappa shape index (κ2) is 4.61. The highest BCUT2D eigenvalue weighted by atomic mass is 16.2. The smallest absolute Gasteiger partial charge is 0.251 e. The Labute approximate surface area is 99.8 Å². The van der Waals surface area contributed by atoms with Crippen LogP contribution in [0.1, 0.15) is 19.8 Å². The summed E-state index contributed by atoms with van der Waals surface area (Å²) in [4.78, 5) is 25.4. The minimum absolute atomic E-state index is 0.0114. The van der Waals surface area contributed by atoms with E-state index in [9.17, 15) is 9.59 Å². The van der Waals surface area contributed by atoms with E-state index in [2.05, 4.69) is 0 Å². The van der Waals surface area contributed by atoms with E-state index < -0.39 is 0 Å². The first kappa shape index (κ1) is 11.7. The van der Waals surface area contributed by atoms with Crippen molar-refractivity contribution in [3.63, 3.8) is 0 Å². The molecule has 1 aliphatic rings. The fourth-order valence-corrected chi connectivity index (χ4v) is 2.21. The van der Waals surface area contributed by atoms with Gasteiger partial charge in [0.15, 0.2) is 0 Å². The van der Waals surface area contributed by atoms with E-state index in [0.717, 1.165) is 19.4 Å². The maximum atomic E-state index is 12.0. The van der Waals surface area contributed by atoms with Crippen LogP contribution < -0.4 is 11.3 Å². The lowest BCUT2D eigenvalue weighted by atomic mass is 10.2. The average Bonchev–Trinajstić information content (AvgIpc) is 2.70. The number of likely N-dealkylation sites (tertiary alicyclic amines) is 1. The molecule has 1 aliphatic heterocycles. The van der Waals surface area contributed by atoms with Crippen molar-refractivity contribution in [2.75, 3.05) is 12.3 Å². The molecule has 92 valence electrons. The molecule has 1 atom stereocenters. The van der Waals surface area contributed by atoms with Crippen molar-refractivity contribution in [3.8, 4) is 0 Å². The highest BCUT2D eigenvalue weighted by molar-refractivity contribution is 5.76. The van der Waals surface area contributed by atoms with E-state index in [1.54, 1.807) is 6.07 Å². The Hall–Kier alpha value is -1.78. The van der Waals surface area contributed by atoms with Gasteiger partial charge >= 0.3 is 0 Å². The molecule has 0 radical (unpaired) electrons. The molecule has 1 fully saturated rings. The molecule has 1 amide bonds. The second-order valence-electron chi connectivity index (χ2n) is 4.51. The van der Waals surface area contributed by atoms with Crippen LogP contribution in [0.2, 0.25) is 0 Å². The van der Waals surface area contributed by atoms with Gasteiger partial charge in [-0.1, -0.05) is 0 Å². The number of nitrogens with zero attached hydrogens (tertiary/aromatic N) is 2. The lowest BCUT2D eigenvalue weighted by molar-refractivity contribution is -0.132. The quantitative estimate of drug-likeness (QED) is 0.808. The van der Waals surface area contributed by atoms with Crippen molar-refractivity contribution >= 4 is 11.6 Å². The third-order valence-corrected chi connectivity index (χ3v) is 3.19. The lowest BCUT2D eigenvalue weighted by Crippen LogP contribution is -2.38. The Morgan fingerprint density at radius 2 is 2.29 bits per heavy atom. The number of nitrogen functional groups attached to an aromatic ring is 1. The molecule has 1 saturated heterocycles. The molecule has 2 rings (SSSR count). The number of carbonyl (C=O) groups excluding carboxylic acids is 1. The largest absolute Gasteiger partial charge is 0.398 e. The molecule has 0 aliphatic carbocycles. The highest BCUT2D eigenvalue weighted by Crippen LogP contribution is 2.16. The number of aromatic nitrogens is 1. The predicted molar refractivity (Wildman–Crippen MR) is 65.5 cm³/mol. The Bertz CT molecular complexity index is 481. The summed E-state index contributed by atoms with van der Waals surface area (Å²) in [6.45, 7) is 2.90. The first-order valence-corrected chi connectivity index (χ1v) is 5.83. The number of pyridine rings is 1. The summed E-state index contributed by atoms with van der Waals surface area (Å²) in [5.41, 5.74) is 5.90. The first-order valence-electron chi connectivity index (χ1n) is 5.83. The number of amides is 1. The maximum absolute atomic E-state index is 12.0. The van der Waals surface area contributed by atoms with Gasteiger partial charge in [-0.25, -0.2) is 0 Å². The second-order valence-corrected chi connectivity index (χ2v) is 4.51. The van der Waals surface area contributed by atoms with Crippen LogP contribution in [0, 0.1) is 0 Å². The monoisotopic (exact) mass is 235 g/mol. The zero-order valence-corrected chi connectivity index (χ0v) is 9.93. The van der Waals surface area contributed by atoms with Gasteiger partial charge in [0, 0.05) is 30.5 Å². The Balaban J connectivity index is 2.13. The van der Waals surface area contributed by atoms with Crippen molar-refractivity contribution in [1.29, 1.82) is 0 Å². The fraction of sp³-hybridized carbons (Fsp3) is 0.500. The zero-order valence-electron chi connectivity index (χ0n) is 9.93. The molecular weight excluding hydrogens is 218 g/mol. The van der Waals surface area contributed by atoms with Gasteiger partial charge in [-0.05, 0) is 25.8 Å². The number of anilines is 1. The summed E-state index contributed by atoms with van der Waals surface area (Å²) >= 11 is 0. The summed E-state index contributed by atoms with van der Waals surface area (Å²) < 4.78 is 1.36. The normalized spacial score (nSPS) is 19.6. The summed E-state index contributed by atoms with van der Waals surface area (Å²) in [5, 5.41) is 0. The SMILES string of the molecule is CC1CCCN1C(=O)Cn1cc(N)ccc1=O. The van der Waals surface area contributed by atoms with Crippen LogP contribution in [0.15, 0.2) is 23.1 Å². The molecule has 0 spiro atoms. The highest BCUT2D eigenvalue weighted by Gasteiger charge is 2.24. The maximum Gasteiger partial charge on any atom is 0.251 e. The fourth-order valence-electron chi connectivity index (χ4n) is 2.21. The van der Waals surface area contributed by atoms with E-state index in [1.807, 2.05) is 11.8 Å². The number of carbonyl (C=O) groups is 1. The standard InChI is InChI=1S/C12H17N3O2/c1-9-3-2-6-15(9)12(17)8-14-7-10(13)4-5-11(14)16/h4-5,7,9H,2-3,6,8,13H2,1H3. The van der Waals surface area contributed by atoms with Gasteiger partial charge in [-0.3, -0.25) is 9.59 Å². The third-order valence-electron chi connectivity index (χ3n) is 3.19. The molecule has 0 aromatic carbocycles. The number of nitrogens with two attached hydrogens (primary N) is 1. The summed E-state index contributed by atoms with van der Waals surface area (Å²) in [6, 6.07) is 3.21. The molecule has 17 heavy (non-hydrogen) atoms. The van der Waals surface area contributed by atoms with E-state index in [-0.39, 0.29) is 24.1 Å². The van der Waals surface area contributed by atoms with E-state index >= 15 is 0 Å². The minimum atomic E-state index is -0.195. The van der Waals surface area contributed by atoms with Crippen molar-refractivity contribution in [2.24, 2.45) is 0 Å². The van der Waals surface area contributed by atoms with Gasteiger partial charge in [-0.15, -0.1) is 0 Å².